The Morgan fingerprint density at radius 3 is 2.48 bits per heavy atom. The average molecular weight is 459 g/mol. The Morgan fingerprint density at radius 1 is 1.15 bits per heavy atom. The van der Waals surface area contributed by atoms with E-state index in [-0.39, 0.29) is 22.1 Å². The number of hydrazone groups is 1. The monoisotopic (exact) mass is 458 g/mol. The Bertz CT molecular complexity index is 947. The molecule has 146 valence electrons. The van der Waals surface area contributed by atoms with E-state index in [4.69, 9.17) is 14.2 Å². The molecule has 0 radical (unpaired) electrons. The van der Waals surface area contributed by atoms with Gasteiger partial charge in [0.25, 0.3) is 10.0 Å². The molecule has 0 amide bonds. The lowest BCUT2D eigenvalue weighted by Gasteiger charge is -2.10. The van der Waals surface area contributed by atoms with Crippen molar-refractivity contribution in [2.45, 2.75) is 11.8 Å². The van der Waals surface area contributed by atoms with E-state index in [0.29, 0.717) is 22.4 Å². The molecule has 0 saturated carbocycles. The fourth-order valence-corrected chi connectivity index (χ4v) is 3.41. The molecule has 0 atom stereocenters. The highest BCUT2D eigenvalue weighted by Gasteiger charge is 2.16. The third-order valence-electron chi connectivity index (χ3n) is 3.40. The van der Waals surface area contributed by atoms with Crippen molar-refractivity contribution in [1.29, 1.82) is 0 Å². The summed E-state index contributed by atoms with van der Waals surface area (Å²) >= 11 is 3.21. The van der Waals surface area contributed by atoms with Gasteiger partial charge in [0.15, 0.2) is 23.0 Å². The van der Waals surface area contributed by atoms with Crippen molar-refractivity contribution in [3.05, 3.63) is 40.4 Å². The van der Waals surface area contributed by atoms with Gasteiger partial charge in [0.1, 0.15) is 0 Å². The van der Waals surface area contributed by atoms with Gasteiger partial charge in [-0.2, -0.15) is 13.5 Å². The molecule has 10 heteroatoms. The molecule has 2 N–H and O–H groups in total. The molecule has 27 heavy (non-hydrogen) atoms. The fraction of sp³-hybridized carbons (Fsp3) is 0.235. The van der Waals surface area contributed by atoms with Crippen LogP contribution < -0.4 is 19.0 Å². The van der Waals surface area contributed by atoms with Crippen LogP contribution in [0.1, 0.15) is 12.5 Å². The minimum absolute atomic E-state index is 0.0285. The summed E-state index contributed by atoms with van der Waals surface area (Å²) in [5, 5.41) is 13.7. The van der Waals surface area contributed by atoms with Gasteiger partial charge in [0.2, 0.25) is 0 Å². The number of aromatic hydroxyl groups is 1. The average Bonchev–Trinajstić information content (AvgIpc) is 2.65. The van der Waals surface area contributed by atoms with Crippen LogP contribution in [0.2, 0.25) is 0 Å². The van der Waals surface area contributed by atoms with E-state index in [9.17, 15) is 13.5 Å². The molecule has 0 heterocycles. The molecular formula is C17H19BrN2O6S. The molecule has 0 saturated heterocycles. The molecule has 2 aromatic carbocycles. The molecule has 8 nitrogen and oxygen atoms in total. The molecule has 2 rings (SSSR count). The normalized spacial score (nSPS) is 11.4. The number of phenolic OH excluding ortho intramolecular Hbond substituents is 1. The number of nitrogens with zero attached hydrogens (tertiary/aromatic N) is 1. The summed E-state index contributed by atoms with van der Waals surface area (Å²) in [6, 6.07) is 7.32. The number of rotatable bonds is 8. The van der Waals surface area contributed by atoms with Crippen LogP contribution in [-0.4, -0.2) is 40.6 Å². The number of nitrogens with one attached hydrogen (secondary N) is 1. The molecule has 0 spiro atoms. The number of hydrogen-bond acceptors (Lipinski definition) is 7. The Labute approximate surface area is 165 Å². The summed E-state index contributed by atoms with van der Waals surface area (Å²) < 4.78 is 40.7. The van der Waals surface area contributed by atoms with Gasteiger partial charge < -0.3 is 19.3 Å². The van der Waals surface area contributed by atoms with Crippen molar-refractivity contribution in [3.8, 4) is 23.0 Å². The number of sulfonamides is 1. The third kappa shape index (κ3) is 5.04. The van der Waals surface area contributed by atoms with Gasteiger partial charge in [0, 0.05) is 6.07 Å². The lowest BCUT2D eigenvalue weighted by atomic mass is 10.2. The largest absolute Gasteiger partial charge is 0.503 e. The van der Waals surface area contributed by atoms with Crippen LogP contribution in [-0.2, 0) is 10.0 Å². The standard InChI is InChI=1S/C17H19BrN2O6S/c1-4-26-16-8-11(7-13(18)17(16)21)10-19-20-27(22,23)12-5-6-14(24-2)15(9-12)25-3/h5-10,20-21H,4H2,1-3H3/b19-10+. The van der Waals surface area contributed by atoms with Gasteiger partial charge in [-0.05, 0) is 52.7 Å². The van der Waals surface area contributed by atoms with Gasteiger partial charge in [-0.3, -0.25) is 0 Å². The van der Waals surface area contributed by atoms with Gasteiger partial charge in [-0.15, -0.1) is 0 Å². The first-order valence-corrected chi connectivity index (χ1v) is 10.0. The Balaban J connectivity index is 2.22. The topological polar surface area (TPSA) is 106 Å². The molecule has 0 fully saturated rings. The number of ether oxygens (including phenoxy) is 3. The maximum absolute atomic E-state index is 12.4. The highest BCUT2D eigenvalue weighted by molar-refractivity contribution is 9.10. The zero-order chi connectivity index (χ0) is 20.0. The summed E-state index contributed by atoms with van der Waals surface area (Å²) in [4.78, 5) is 2.10. The minimum atomic E-state index is -3.90. The predicted octanol–water partition coefficient (Wildman–Crippen LogP) is 2.88. The summed E-state index contributed by atoms with van der Waals surface area (Å²) in [5.41, 5.74) is 0.526. The lowest BCUT2D eigenvalue weighted by molar-refractivity contribution is 0.317. The number of benzene rings is 2. The predicted molar refractivity (Wildman–Crippen MR) is 104 cm³/mol. The highest BCUT2D eigenvalue weighted by Crippen LogP contribution is 2.35. The zero-order valence-corrected chi connectivity index (χ0v) is 17.3. The van der Waals surface area contributed by atoms with E-state index >= 15 is 0 Å². The molecule has 0 bridgehead atoms. The van der Waals surface area contributed by atoms with Crippen molar-refractivity contribution in [3.63, 3.8) is 0 Å². The minimum Gasteiger partial charge on any atom is -0.503 e. The first-order chi connectivity index (χ1) is 12.8. The van der Waals surface area contributed by atoms with E-state index < -0.39 is 10.0 Å². The Kier molecular flexibility index (Phi) is 6.92. The second-order valence-corrected chi connectivity index (χ2v) is 7.67. The molecule has 2 aromatic rings. The van der Waals surface area contributed by atoms with Gasteiger partial charge in [0.05, 0.1) is 36.4 Å². The second-order valence-electron chi connectivity index (χ2n) is 5.15. The van der Waals surface area contributed by atoms with Crippen LogP contribution in [0.3, 0.4) is 0 Å². The Morgan fingerprint density at radius 2 is 1.85 bits per heavy atom. The van der Waals surface area contributed by atoms with Crippen molar-refractivity contribution < 1.29 is 27.7 Å². The van der Waals surface area contributed by atoms with Crippen molar-refractivity contribution >= 4 is 32.2 Å². The van der Waals surface area contributed by atoms with Crippen LogP contribution >= 0.6 is 15.9 Å². The van der Waals surface area contributed by atoms with Crippen molar-refractivity contribution in [2.24, 2.45) is 5.10 Å². The molecule has 0 aromatic heterocycles. The van der Waals surface area contributed by atoms with E-state index in [1.54, 1.807) is 13.0 Å². The molecule has 0 aliphatic rings. The number of halogens is 1. The lowest BCUT2D eigenvalue weighted by Crippen LogP contribution is -2.18. The quantitative estimate of drug-likeness (QED) is 0.465. The van der Waals surface area contributed by atoms with Gasteiger partial charge in [-0.25, -0.2) is 4.83 Å². The Hall–Kier alpha value is -2.46. The van der Waals surface area contributed by atoms with E-state index in [0.717, 1.165) is 0 Å². The highest BCUT2D eigenvalue weighted by atomic mass is 79.9. The first-order valence-electron chi connectivity index (χ1n) is 7.74. The summed E-state index contributed by atoms with van der Waals surface area (Å²) in [6.07, 6.45) is 1.30. The van der Waals surface area contributed by atoms with E-state index in [1.165, 1.54) is 44.7 Å². The molecular weight excluding hydrogens is 440 g/mol. The van der Waals surface area contributed by atoms with Crippen molar-refractivity contribution in [1.82, 2.24) is 4.83 Å². The number of phenols is 1. The van der Waals surface area contributed by atoms with Crippen LogP contribution in [0.15, 0.2) is 44.8 Å². The number of hydrogen-bond donors (Lipinski definition) is 2. The SMILES string of the molecule is CCOc1cc(/C=N/NS(=O)(=O)c2ccc(OC)c(OC)c2)cc(Br)c1O. The van der Waals surface area contributed by atoms with Crippen LogP contribution in [0.25, 0.3) is 0 Å². The smallest absolute Gasteiger partial charge is 0.276 e. The zero-order valence-electron chi connectivity index (χ0n) is 14.9. The van der Waals surface area contributed by atoms with Crippen LogP contribution in [0.5, 0.6) is 23.0 Å². The van der Waals surface area contributed by atoms with E-state index in [1.807, 2.05) is 0 Å². The number of methoxy groups -OCH3 is 2. The summed E-state index contributed by atoms with van der Waals surface area (Å²) in [5.74, 6) is 0.918. The van der Waals surface area contributed by atoms with Crippen LogP contribution in [0, 0.1) is 0 Å². The molecule has 0 aliphatic carbocycles. The second kappa shape index (κ2) is 8.96. The van der Waals surface area contributed by atoms with Crippen LogP contribution in [0.4, 0.5) is 0 Å². The molecule has 0 aliphatic heterocycles. The summed E-state index contributed by atoms with van der Waals surface area (Å²) in [6.45, 7) is 2.15. The van der Waals surface area contributed by atoms with Gasteiger partial charge >= 0.3 is 0 Å². The summed E-state index contributed by atoms with van der Waals surface area (Å²) in [7, 11) is -1.03. The first kappa shape index (κ1) is 20.8. The van der Waals surface area contributed by atoms with E-state index in [2.05, 4.69) is 25.9 Å². The van der Waals surface area contributed by atoms with Gasteiger partial charge in [-0.1, -0.05) is 0 Å². The maximum atomic E-state index is 12.4. The van der Waals surface area contributed by atoms with Crippen molar-refractivity contribution in [2.75, 3.05) is 20.8 Å². The maximum Gasteiger partial charge on any atom is 0.276 e. The molecule has 0 unspecified atom stereocenters. The fourth-order valence-electron chi connectivity index (χ4n) is 2.14. The third-order valence-corrected chi connectivity index (χ3v) is 5.23.